The second kappa shape index (κ2) is 11.9. The molecule has 2 N–H and O–H groups in total. The highest BCUT2D eigenvalue weighted by Gasteiger charge is 2.49. The van der Waals surface area contributed by atoms with Crippen LogP contribution < -0.4 is 5.56 Å². The third kappa shape index (κ3) is 6.30. The maximum absolute atomic E-state index is 13.5. The number of benzene rings is 3. The fourth-order valence-corrected chi connectivity index (χ4v) is 6.19. The molecule has 7 nitrogen and oxygen atoms in total. The molecule has 2 aliphatic rings. The number of nitrogens with one attached hydrogen (secondary N) is 1. The lowest BCUT2D eigenvalue weighted by atomic mass is 9.91. The molecule has 1 saturated carbocycles. The number of aromatic nitrogens is 2. The van der Waals surface area contributed by atoms with Gasteiger partial charge in [-0.1, -0.05) is 60.7 Å². The summed E-state index contributed by atoms with van der Waals surface area (Å²) in [6.07, 6.45) is -3.75. The first-order valence-corrected chi connectivity index (χ1v) is 15.1. The van der Waals surface area contributed by atoms with Gasteiger partial charge in [0.15, 0.2) is 6.10 Å². The first-order chi connectivity index (χ1) is 21.4. The van der Waals surface area contributed by atoms with E-state index >= 15 is 0 Å². The molecule has 1 aliphatic carbocycles. The van der Waals surface area contributed by atoms with Crippen molar-refractivity contribution >= 4 is 5.91 Å². The Morgan fingerprint density at radius 1 is 1.04 bits per heavy atom. The van der Waals surface area contributed by atoms with Crippen LogP contribution in [0.1, 0.15) is 64.7 Å². The fourth-order valence-electron chi connectivity index (χ4n) is 6.19. The summed E-state index contributed by atoms with van der Waals surface area (Å²) in [4.78, 5) is 38.1. The maximum Gasteiger partial charge on any atom is 0.416 e. The Hall–Kier alpha value is -4.28. The fraction of sp³-hybridized carbons (Fsp3) is 0.343. The Morgan fingerprint density at radius 2 is 1.78 bits per heavy atom. The van der Waals surface area contributed by atoms with E-state index in [1.807, 2.05) is 20.2 Å². The number of aromatic amines is 1. The van der Waals surface area contributed by atoms with Gasteiger partial charge in [0.25, 0.3) is 11.5 Å². The van der Waals surface area contributed by atoms with Crippen molar-refractivity contribution < 1.29 is 23.1 Å². The molecule has 6 rings (SSSR count). The number of hydrogen-bond acceptors (Lipinski definition) is 5. The van der Waals surface area contributed by atoms with Crippen molar-refractivity contribution in [1.29, 1.82) is 0 Å². The predicted molar refractivity (Wildman–Crippen MR) is 164 cm³/mol. The lowest BCUT2D eigenvalue weighted by Gasteiger charge is -2.24. The van der Waals surface area contributed by atoms with Crippen molar-refractivity contribution in [3.63, 3.8) is 0 Å². The van der Waals surface area contributed by atoms with Crippen molar-refractivity contribution in [2.75, 3.05) is 20.6 Å². The number of aliphatic hydroxyl groups excluding tert-OH is 1. The number of halogens is 3. The van der Waals surface area contributed by atoms with Crippen LogP contribution in [0.3, 0.4) is 0 Å². The van der Waals surface area contributed by atoms with E-state index < -0.39 is 29.2 Å². The molecule has 1 aliphatic heterocycles. The summed E-state index contributed by atoms with van der Waals surface area (Å²) < 4.78 is 39.6. The van der Waals surface area contributed by atoms with Crippen molar-refractivity contribution in [2.24, 2.45) is 0 Å². The zero-order valence-electron chi connectivity index (χ0n) is 25.2. The van der Waals surface area contributed by atoms with Crippen LogP contribution in [0.15, 0.2) is 77.6 Å². The molecule has 4 aromatic rings. The number of aryl methyl sites for hydroxylation is 1. The molecule has 0 bridgehead atoms. The monoisotopic (exact) mass is 616 g/mol. The van der Waals surface area contributed by atoms with Crippen LogP contribution in [0.5, 0.6) is 0 Å². The van der Waals surface area contributed by atoms with E-state index in [2.05, 4.69) is 52.3 Å². The number of rotatable bonds is 7. The summed E-state index contributed by atoms with van der Waals surface area (Å²) in [5, 5.41) is 10.7. The summed E-state index contributed by atoms with van der Waals surface area (Å²) in [7, 11) is 4.08. The molecule has 0 unspecified atom stereocenters. The average Bonchev–Trinajstić information content (AvgIpc) is 3.85. The topological polar surface area (TPSA) is 89.5 Å². The lowest BCUT2D eigenvalue weighted by Crippen LogP contribution is -2.36. The van der Waals surface area contributed by atoms with E-state index in [4.69, 9.17) is 4.98 Å². The van der Waals surface area contributed by atoms with Gasteiger partial charge in [0.1, 0.15) is 5.82 Å². The molecule has 3 aromatic carbocycles. The van der Waals surface area contributed by atoms with Crippen LogP contribution in [0.2, 0.25) is 0 Å². The molecule has 1 amide bonds. The second-order valence-corrected chi connectivity index (χ2v) is 12.3. The number of carbonyl (C=O) groups excluding carboxylic acids is 1. The van der Waals surface area contributed by atoms with Gasteiger partial charge < -0.3 is 19.9 Å². The number of alkyl halides is 3. The van der Waals surface area contributed by atoms with E-state index in [9.17, 15) is 27.9 Å². The molecule has 1 atom stereocenters. The standard InChI is InChI=1S/C35H35F3N4O3/c1-41(2)20-22-11-13-23(14-12-22)24-6-3-8-26(18-24)34(15-16-34)33-39-29-10-5-17-42(21-28(29)31(44)40-33)32(45)30(43)25-7-4-9-27(19-25)35(36,37)38/h3-4,6-9,11-14,18-19,30,43H,5,10,15-17,20-21H2,1-2H3,(H,39,40,44)/t30-/m1/s1. The number of hydrogen-bond donors (Lipinski definition) is 2. The Labute approximate surface area is 259 Å². The molecule has 1 fully saturated rings. The van der Waals surface area contributed by atoms with Crippen LogP contribution in [0.4, 0.5) is 13.2 Å². The number of fused-ring (bicyclic) bond motifs is 1. The SMILES string of the molecule is CN(C)Cc1ccc(-c2cccc(C3(c4nc5c(c(=O)[nH]4)CN(C(=O)[C@H](O)c4cccc(C(F)(F)F)c4)CCC5)CC3)c2)cc1. The van der Waals surface area contributed by atoms with Gasteiger partial charge in [-0.2, -0.15) is 13.2 Å². The summed E-state index contributed by atoms with van der Waals surface area (Å²) >= 11 is 0. The van der Waals surface area contributed by atoms with Gasteiger partial charge in [0, 0.05) is 13.1 Å². The first kappa shape index (κ1) is 30.7. The first-order valence-electron chi connectivity index (χ1n) is 15.1. The van der Waals surface area contributed by atoms with Crippen LogP contribution >= 0.6 is 0 Å². The van der Waals surface area contributed by atoms with Crippen molar-refractivity contribution in [2.45, 2.75) is 56.5 Å². The molecule has 0 saturated heterocycles. The minimum absolute atomic E-state index is 0.0842. The average molecular weight is 617 g/mol. The Kier molecular flexibility index (Phi) is 8.13. The molecular weight excluding hydrogens is 581 g/mol. The normalized spacial score (nSPS) is 16.6. The van der Waals surface area contributed by atoms with Gasteiger partial charge in [-0.15, -0.1) is 0 Å². The lowest BCUT2D eigenvalue weighted by molar-refractivity contribution is -0.142. The molecular formula is C35H35F3N4O3. The van der Waals surface area contributed by atoms with Crippen LogP contribution in [0, 0.1) is 0 Å². The molecule has 10 heteroatoms. The van der Waals surface area contributed by atoms with E-state index in [1.54, 1.807) is 0 Å². The number of nitrogens with zero attached hydrogens (tertiary/aromatic N) is 3. The number of aliphatic hydroxyl groups is 1. The second-order valence-electron chi connectivity index (χ2n) is 12.3. The smallest absolute Gasteiger partial charge is 0.378 e. The van der Waals surface area contributed by atoms with Gasteiger partial charge >= 0.3 is 6.18 Å². The van der Waals surface area contributed by atoms with Gasteiger partial charge in [-0.25, -0.2) is 4.98 Å². The Morgan fingerprint density at radius 3 is 2.47 bits per heavy atom. The minimum Gasteiger partial charge on any atom is -0.378 e. The summed E-state index contributed by atoms with van der Waals surface area (Å²) in [6.45, 7) is 1.02. The highest BCUT2D eigenvalue weighted by molar-refractivity contribution is 5.82. The number of amides is 1. The van der Waals surface area contributed by atoms with Crippen molar-refractivity contribution in [1.82, 2.24) is 19.8 Å². The molecule has 0 spiro atoms. The van der Waals surface area contributed by atoms with Gasteiger partial charge in [0.05, 0.1) is 28.8 Å². The van der Waals surface area contributed by atoms with Gasteiger partial charge in [-0.05, 0) is 79.7 Å². The van der Waals surface area contributed by atoms with E-state index in [0.717, 1.165) is 54.3 Å². The Bertz CT molecular complexity index is 1780. The van der Waals surface area contributed by atoms with Crippen LogP contribution in [-0.4, -0.2) is 51.4 Å². The zero-order chi connectivity index (χ0) is 31.9. The van der Waals surface area contributed by atoms with Gasteiger partial charge in [-0.3, -0.25) is 9.59 Å². The largest absolute Gasteiger partial charge is 0.416 e. The summed E-state index contributed by atoms with van der Waals surface area (Å²) in [5.41, 5.74) is 3.60. The van der Waals surface area contributed by atoms with Crippen molar-refractivity contribution in [3.05, 3.63) is 122 Å². The third-order valence-electron chi connectivity index (χ3n) is 8.77. The van der Waals surface area contributed by atoms with E-state index in [0.29, 0.717) is 29.9 Å². The van der Waals surface area contributed by atoms with Crippen LogP contribution in [0.25, 0.3) is 11.1 Å². The third-order valence-corrected chi connectivity index (χ3v) is 8.77. The summed E-state index contributed by atoms with van der Waals surface area (Å²) in [6, 6.07) is 21.0. The quantitative estimate of drug-likeness (QED) is 0.282. The molecule has 1 aromatic heterocycles. The maximum atomic E-state index is 13.5. The molecule has 2 heterocycles. The van der Waals surface area contributed by atoms with Crippen LogP contribution in [-0.2, 0) is 35.9 Å². The van der Waals surface area contributed by atoms with E-state index in [1.165, 1.54) is 16.5 Å². The molecule has 45 heavy (non-hydrogen) atoms. The predicted octanol–water partition coefficient (Wildman–Crippen LogP) is 5.61. The molecule has 0 radical (unpaired) electrons. The zero-order valence-corrected chi connectivity index (χ0v) is 25.2. The highest BCUT2D eigenvalue weighted by Crippen LogP contribution is 2.52. The van der Waals surface area contributed by atoms with Gasteiger partial charge in [0.2, 0.25) is 0 Å². The minimum atomic E-state index is -4.60. The summed E-state index contributed by atoms with van der Waals surface area (Å²) in [5.74, 6) is -0.149. The highest BCUT2D eigenvalue weighted by atomic mass is 19.4. The number of carbonyl (C=O) groups is 1. The van der Waals surface area contributed by atoms with Crippen molar-refractivity contribution in [3.8, 4) is 11.1 Å². The Balaban J connectivity index is 1.24. The number of H-pyrrole nitrogens is 1. The van der Waals surface area contributed by atoms with E-state index in [-0.39, 0.29) is 24.2 Å². The molecule has 234 valence electrons.